The predicted molar refractivity (Wildman–Crippen MR) is 44.9 cm³/mol. The van der Waals surface area contributed by atoms with Crippen LogP contribution in [-0.4, -0.2) is 29.4 Å². The van der Waals surface area contributed by atoms with Crippen molar-refractivity contribution >= 4 is 12.1 Å². The lowest BCUT2D eigenvalue weighted by Crippen LogP contribution is -2.24. The van der Waals surface area contributed by atoms with Gasteiger partial charge in [-0.15, -0.1) is 0 Å². The maximum Gasteiger partial charge on any atom is 0.273 e. The van der Waals surface area contributed by atoms with Crippen molar-refractivity contribution in [2.45, 2.75) is 6.42 Å². The van der Waals surface area contributed by atoms with Crippen molar-refractivity contribution in [2.24, 2.45) is 4.99 Å². The highest BCUT2D eigenvalue weighted by Gasteiger charge is 2.11. The zero-order chi connectivity index (χ0) is 8.97. The summed E-state index contributed by atoms with van der Waals surface area (Å²) in [5, 5.41) is 9.41. The average Bonchev–Trinajstić information content (AvgIpc) is 2.30. The Morgan fingerprint density at radius 3 is 3.17 bits per heavy atom. The van der Waals surface area contributed by atoms with Crippen LogP contribution < -0.4 is 0 Å². The standard InChI is InChI=1S/C8H10N2O2/c1-10(12)8(11)7-3-2-5-9-6-4-7/h2,4-6,12H,3H2,1H3. The summed E-state index contributed by atoms with van der Waals surface area (Å²) in [5.74, 6) is -0.395. The molecule has 64 valence electrons. The van der Waals surface area contributed by atoms with E-state index in [0.717, 1.165) is 0 Å². The van der Waals surface area contributed by atoms with E-state index in [2.05, 4.69) is 4.99 Å². The third kappa shape index (κ3) is 2.03. The Hall–Kier alpha value is -1.42. The summed E-state index contributed by atoms with van der Waals surface area (Å²) >= 11 is 0. The van der Waals surface area contributed by atoms with E-state index in [1.807, 2.05) is 0 Å². The Labute approximate surface area is 70.5 Å². The van der Waals surface area contributed by atoms with Gasteiger partial charge in [-0.05, 0) is 12.5 Å². The third-order valence-electron chi connectivity index (χ3n) is 1.46. The van der Waals surface area contributed by atoms with Crippen molar-refractivity contribution in [1.82, 2.24) is 5.06 Å². The maximum atomic E-state index is 11.2. The fraction of sp³-hybridized carbons (Fsp3) is 0.250. The highest BCUT2D eigenvalue weighted by molar-refractivity contribution is 5.97. The number of allylic oxidation sites excluding steroid dienone is 2. The molecule has 1 amide bonds. The largest absolute Gasteiger partial charge is 0.286 e. The van der Waals surface area contributed by atoms with Gasteiger partial charge in [-0.2, -0.15) is 0 Å². The molecule has 4 nitrogen and oxygen atoms in total. The Kier molecular flexibility index (Phi) is 2.76. The fourth-order valence-electron chi connectivity index (χ4n) is 0.858. The van der Waals surface area contributed by atoms with Gasteiger partial charge in [0.25, 0.3) is 5.91 Å². The fourth-order valence-corrected chi connectivity index (χ4v) is 0.858. The first kappa shape index (κ1) is 8.67. The van der Waals surface area contributed by atoms with Gasteiger partial charge in [-0.1, -0.05) is 6.08 Å². The highest BCUT2D eigenvalue weighted by atomic mass is 16.5. The number of carbonyl (C=O) groups excluding carboxylic acids is 1. The lowest BCUT2D eigenvalue weighted by atomic mass is 10.1. The van der Waals surface area contributed by atoms with Gasteiger partial charge in [0, 0.05) is 25.0 Å². The van der Waals surface area contributed by atoms with Crippen LogP contribution in [0, 0.1) is 0 Å². The van der Waals surface area contributed by atoms with Crippen molar-refractivity contribution in [3.63, 3.8) is 0 Å². The van der Waals surface area contributed by atoms with Crippen LogP contribution in [0.25, 0.3) is 0 Å². The summed E-state index contributed by atoms with van der Waals surface area (Å²) in [7, 11) is 1.30. The van der Waals surface area contributed by atoms with Crippen LogP contribution in [0.15, 0.2) is 28.9 Å². The van der Waals surface area contributed by atoms with Gasteiger partial charge in [-0.25, -0.2) is 5.06 Å². The molecule has 0 bridgehead atoms. The average molecular weight is 166 g/mol. The van der Waals surface area contributed by atoms with Crippen LogP contribution in [0.5, 0.6) is 0 Å². The van der Waals surface area contributed by atoms with Gasteiger partial charge in [0.05, 0.1) is 0 Å². The second kappa shape index (κ2) is 3.82. The lowest BCUT2D eigenvalue weighted by Gasteiger charge is -2.08. The first-order chi connectivity index (χ1) is 5.72. The third-order valence-corrected chi connectivity index (χ3v) is 1.46. The SMILES string of the molecule is CN(O)C(=O)C1=CC=NC=CC1. The number of hydrogen-bond acceptors (Lipinski definition) is 3. The van der Waals surface area contributed by atoms with Crippen LogP contribution in [0.4, 0.5) is 0 Å². The van der Waals surface area contributed by atoms with Crippen LogP contribution in [0.3, 0.4) is 0 Å². The first-order valence-electron chi connectivity index (χ1n) is 3.56. The normalized spacial score (nSPS) is 15.3. The monoisotopic (exact) mass is 166 g/mol. The van der Waals surface area contributed by atoms with Gasteiger partial charge in [0.15, 0.2) is 0 Å². The van der Waals surface area contributed by atoms with E-state index < -0.39 is 5.91 Å². The number of likely N-dealkylation sites (N-methyl/N-ethyl adjacent to an activating group) is 1. The van der Waals surface area contributed by atoms with Gasteiger partial charge < -0.3 is 0 Å². The minimum atomic E-state index is -0.395. The Balaban J connectivity index is 2.75. The molecule has 0 atom stereocenters. The number of amides is 1. The van der Waals surface area contributed by atoms with Crippen molar-refractivity contribution in [3.8, 4) is 0 Å². The van der Waals surface area contributed by atoms with E-state index in [1.54, 1.807) is 18.4 Å². The Morgan fingerprint density at radius 1 is 1.75 bits per heavy atom. The van der Waals surface area contributed by atoms with E-state index in [9.17, 15) is 4.79 Å². The quantitative estimate of drug-likeness (QED) is 0.461. The molecule has 1 N–H and O–H groups in total. The Morgan fingerprint density at radius 2 is 2.50 bits per heavy atom. The molecule has 1 aliphatic heterocycles. The van der Waals surface area contributed by atoms with E-state index in [1.165, 1.54) is 13.3 Å². The second-order valence-corrected chi connectivity index (χ2v) is 2.41. The second-order valence-electron chi connectivity index (χ2n) is 2.41. The van der Waals surface area contributed by atoms with Gasteiger partial charge in [-0.3, -0.25) is 15.0 Å². The summed E-state index contributed by atoms with van der Waals surface area (Å²) in [6.45, 7) is 0. The Bertz CT molecular complexity index is 264. The molecule has 0 aromatic heterocycles. The van der Waals surface area contributed by atoms with Crippen molar-refractivity contribution < 1.29 is 10.0 Å². The molecule has 0 radical (unpaired) electrons. The number of hydrogen-bond donors (Lipinski definition) is 1. The van der Waals surface area contributed by atoms with Gasteiger partial charge in [0.1, 0.15) is 0 Å². The van der Waals surface area contributed by atoms with E-state index >= 15 is 0 Å². The minimum Gasteiger partial charge on any atom is -0.286 e. The summed E-state index contributed by atoms with van der Waals surface area (Å²) in [6.07, 6.45) is 7.00. The highest BCUT2D eigenvalue weighted by Crippen LogP contribution is 2.06. The minimum absolute atomic E-state index is 0.395. The molecule has 4 heteroatoms. The maximum absolute atomic E-state index is 11.2. The summed E-state index contributed by atoms with van der Waals surface area (Å²) < 4.78 is 0. The number of aliphatic imine (C=N–C) groups is 1. The number of rotatable bonds is 1. The molecule has 0 spiro atoms. The van der Waals surface area contributed by atoms with Crippen LogP contribution in [0.1, 0.15) is 6.42 Å². The summed E-state index contributed by atoms with van der Waals surface area (Å²) in [6, 6.07) is 0. The van der Waals surface area contributed by atoms with Crippen LogP contribution >= 0.6 is 0 Å². The van der Waals surface area contributed by atoms with Gasteiger partial charge in [0.2, 0.25) is 0 Å². The molecule has 0 fully saturated rings. The number of carbonyl (C=O) groups is 1. The molecular formula is C8H10N2O2. The predicted octanol–water partition coefficient (Wildman–Crippen LogP) is 0.749. The van der Waals surface area contributed by atoms with E-state index in [0.29, 0.717) is 17.1 Å². The first-order valence-corrected chi connectivity index (χ1v) is 3.56. The molecule has 12 heavy (non-hydrogen) atoms. The molecule has 0 aliphatic carbocycles. The van der Waals surface area contributed by atoms with Gasteiger partial charge >= 0.3 is 0 Å². The zero-order valence-electron chi connectivity index (χ0n) is 6.77. The van der Waals surface area contributed by atoms with E-state index in [-0.39, 0.29) is 0 Å². The van der Waals surface area contributed by atoms with Crippen molar-refractivity contribution in [1.29, 1.82) is 0 Å². The molecule has 1 aliphatic rings. The molecule has 0 saturated heterocycles. The molecular weight excluding hydrogens is 156 g/mol. The summed E-state index contributed by atoms with van der Waals surface area (Å²) in [4.78, 5) is 15.0. The van der Waals surface area contributed by atoms with Crippen molar-refractivity contribution in [3.05, 3.63) is 23.9 Å². The molecule has 0 aromatic carbocycles. The van der Waals surface area contributed by atoms with Crippen molar-refractivity contribution in [2.75, 3.05) is 7.05 Å². The molecule has 1 heterocycles. The smallest absolute Gasteiger partial charge is 0.273 e. The molecule has 0 unspecified atom stereocenters. The topological polar surface area (TPSA) is 52.9 Å². The number of hydroxylamine groups is 2. The van der Waals surface area contributed by atoms with Crippen LogP contribution in [0.2, 0.25) is 0 Å². The molecule has 0 aromatic rings. The lowest BCUT2D eigenvalue weighted by molar-refractivity contribution is -0.154. The van der Waals surface area contributed by atoms with E-state index in [4.69, 9.17) is 5.21 Å². The van der Waals surface area contributed by atoms with Crippen LogP contribution in [-0.2, 0) is 4.79 Å². The molecule has 1 rings (SSSR count). The zero-order valence-corrected chi connectivity index (χ0v) is 6.77. The summed E-state index contributed by atoms with van der Waals surface area (Å²) in [5.41, 5.74) is 0.525. The number of nitrogens with zero attached hydrogens (tertiary/aromatic N) is 2. The molecule has 0 saturated carbocycles.